The first kappa shape index (κ1) is 13.2. The fourth-order valence-corrected chi connectivity index (χ4v) is 1.71. The van der Waals surface area contributed by atoms with Crippen molar-refractivity contribution in [2.45, 2.75) is 45.3 Å². The molecule has 4 nitrogen and oxygen atoms in total. The molecular weight excluding hydrogens is 202 g/mol. The molecule has 0 aromatic carbocycles. The van der Waals surface area contributed by atoms with Gasteiger partial charge in [-0.15, -0.1) is 0 Å². The molecule has 1 heterocycles. The lowest BCUT2D eigenvalue weighted by Gasteiger charge is -2.19. The molecule has 1 aromatic heterocycles. The molecule has 0 saturated carbocycles. The van der Waals surface area contributed by atoms with Crippen molar-refractivity contribution in [1.29, 1.82) is 0 Å². The molecule has 0 radical (unpaired) electrons. The fourth-order valence-electron chi connectivity index (χ4n) is 1.71. The van der Waals surface area contributed by atoms with E-state index < -0.39 is 0 Å². The van der Waals surface area contributed by atoms with Crippen molar-refractivity contribution in [3.8, 4) is 0 Å². The lowest BCUT2D eigenvalue weighted by Crippen LogP contribution is -2.35. The molecule has 0 aliphatic carbocycles. The highest BCUT2D eigenvalue weighted by Gasteiger charge is 2.07. The van der Waals surface area contributed by atoms with Crippen molar-refractivity contribution in [2.75, 3.05) is 13.7 Å². The van der Waals surface area contributed by atoms with Crippen molar-refractivity contribution in [3.05, 3.63) is 18.5 Å². The number of ether oxygens (including phenoxy) is 1. The molecule has 0 fully saturated rings. The SMILES string of the molecule is COCCC(C)NC(C)CCn1cccn1. The Labute approximate surface area is 98.0 Å². The largest absolute Gasteiger partial charge is 0.385 e. The lowest BCUT2D eigenvalue weighted by molar-refractivity contribution is 0.182. The molecule has 0 bridgehead atoms. The van der Waals surface area contributed by atoms with Gasteiger partial charge >= 0.3 is 0 Å². The van der Waals surface area contributed by atoms with Gasteiger partial charge in [-0.2, -0.15) is 5.10 Å². The maximum Gasteiger partial charge on any atom is 0.0489 e. The third-order valence-corrected chi connectivity index (χ3v) is 2.67. The fraction of sp³-hybridized carbons (Fsp3) is 0.750. The van der Waals surface area contributed by atoms with E-state index in [1.54, 1.807) is 7.11 Å². The Morgan fingerprint density at radius 1 is 1.31 bits per heavy atom. The Hall–Kier alpha value is -0.870. The molecule has 0 amide bonds. The Kier molecular flexibility index (Phi) is 6.11. The molecule has 4 heteroatoms. The van der Waals surface area contributed by atoms with Crippen molar-refractivity contribution in [1.82, 2.24) is 15.1 Å². The minimum absolute atomic E-state index is 0.507. The van der Waals surface area contributed by atoms with Crippen LogP contribution in [0.5, 0.6) is 0 Å². The van der Waals surface area contributed by atoms with Crippen molar-refractivity contribution in [2.24, 2.45) is 0 Å². The first-order chi connectivity index (χ1) is 7.72. The zero-order valence-corrected chi connectivity index (χ0v) is 10.5. The number of nitrogens with zero attached hydrogens (tertiary/aromatic N) is 2. The van der Waals surface area contributed by atoms with Crippen molar-refractivity contribution < 1.29 is 4.74 Å². The van der Waals surface area contributed by atoms with Gasteiger partial charge in [-0.1, -0.05) is 0 Å². The maximum absolute atomic E-state index is 5.06. The summed E-state index contributed by atoms with van der Waals surface area (Å²) in [6.45, 7) is 6.20. The molecular formula is C12H23N3O. The van der Waals surface area contributed by atoms with Gasteiger partial charge in [0.05, 0.1) is 0 Å². The van der Waals surface area contributed by atoms with Crippen LogP contribution in [-0.4, -0.2) is 35.6 Å². The molecule has 16 heavy (non-hydrogen) atoms. The monoisotopic (exact) mass is 225 g/mol. The van der Waals surface area contributed by atoms with Crippen LogP contribution in [0.2, 0.25) is 0 Å². The second-order valence-electron chi connectivity index (χ2n) is 4.31. The van der Waals surface area contributed by atoms with Crippen LogP contribution in [0.4, 0.5) is 0 Å². The van der Waals surface area contributed by atoms with Gasteiger partial charge in [-0.25, -0.2) is 0 Å². The Morgan fingerprint density at radius 3 is 2.69 bits per heavy atom. The second kappa shape index (κ2) is 7.41. The third kappa shape index (κ3) is 5.28. The third-order valence-electron chi connectivity index (χ3n) is 2.67. The van der Waals surface area contributed by atoms with Gasteiger partial charge < -0.3 is 10.1 Å². The highest BCUT2D eigenvalue weighted by molar-refractivity contribution is 4.78. The van der Waals surface area contributed by atoms with Crippen LogP contribution in [0.3, 0.4) is 0 Å². The van der Waals surface area contributed by atoms with Gasteiger partial charge in [0.1, 0.15) is 0 Å². The molecule has 0 spiro atoms. The van der Waals surface area contributed by atoms with Gasteiger partial charge in [0, 0.05) is 44.7 Å². The molecule has 1 rings (SSSR count). The van der Waals surface area contributed by atoms with Gasteiger partial charge in [0.25, 0.3) is 0 Å². The normalized spacial score (nSPS) is 14.9. The molecule has 2 atom stereocenters. The van der Waals surface area contributed by atoms with Crippen molar-refractivity contribution in [3.63, 3.8) is 0 Å². The maximum atomic E-state index is 5.06. The van der Waals surface area contributed by atoms with E-state index in [4.69, 9.17) is 4.74 Å². The minimum Gasteiger partial charge on any atom is -0.385 e. The molecule has 1 N–H and O–H groups in total. The molecule has 2 unspecified atom stereocenters. The zero-order valence-electron chi connectivity index (χ0n) is 10.5. The van der Waals surface area contributed by atoms with Crippen LogP contribution in [0.1, 0.15) is 26.7 Å². The van der Waals surface area contributed by atoms with Crippen molar-refractivity contribution >= 4 is 0 Å². The summed E-state index contributed by atoms with van der Waals surface area (Å²) in [5, 5.41) is 7.74. The van der Waals surface area contributed by atoms with E-state index in [1.165, 1.54) is 0 Å². The quantitative estimate of drug-likeness (QED) is 0.731. The summed E-state index contributed by atoms with van der Waals surface area (Å²) in [5.74, 6) is 0. The van der Waals surface area contributed by atoms with E-state index in [1.807, 2.05) is 23.1 Å². The van der Waals surface area contributed by atoms with E-state index in [0.29, 0.717) is 12.1 Å². The van der Waals surface area contributed by atoms with Crippen LogP contribution in [0.15, 0.2) is 18.5 Å². The Morgan fingerprint density at radius 2 is 2.06 bits per heavy atom. The van der Waals surface area contributed by atoms with Gasteiger partial charge in [0.2, 0.25) is 0 Å². The Balaban J connectivity index is 2.12. The predicted octanol–water partition coefficient (Wildman–Crippen LogP) is 1.68. The van der Waals surface area contributed by atoms with Gasteiger partial charge in [-0.3, -0.25) is 4.68 Å². The first-order valence-corrected chi connectivity index (χ1v) is 5.94. The summed E-state index contributed by atoms with van der Waals surface area (Å²) in [4.78, 5) is 0. The number of methoxy groups -OCH3 is 1. The highest BCUT2D eigenvalue weighted by atomic mass is 16.5. The molecule has 92 valence electrons. The average Bonchev–Trinajstić information content (AvgIpc) is 2.76. The number of aryl methyl sites for hydroxylation is 1. The number of nitrogens with one attached hydrogen (secondary N) is 1. The smallest absolute Gasteiger partial charge is 0.0489 e. The minimum atomic E-state index is 0.507. The summed E-state index contributed by atoms with van der Waals surface area (Å²) >= 11 is 0. The standard InChI is InChI=1S/C12H23N3O/c1-11(14-12(2)6-10-16-3)5-9-15-8-4-7-13-15/h4,7-8,11-12,14H,5-6,9-10H2,1-3H3. The summed E-state index contributed by atoms with van der Waals surface area (Å²) in [5.41, 5.74) is 0. The van der Waals surface area contributed by atoms with E-state index in [0.717, 1.165) is 26.0 Å². The number of rotatable bonds is 8. The zero-order chi connectivity index (χ0) is 11.8. The summed E-state index contributed by atoms with van der Waals surface area (Å²) in [6, 6.07) is 2.97. The number of hydrogen-bond acceptors (Lipinski definition) is 3. The molecule has 0 saturated heterocycles. The lowest BCUT2D eigenvalue weighted by atomic mass is 10.2. The van der Waals surface area contributed by atoms with E-state index in [2.05, 4.69) is 24.3 Å². The van der Waals surface area contributed by atoms with Crippen LogP contribution in [0.25, 0.3) is 0 Å². The average molecular weight is 225 g/mol. The van der Waals surface area contributed by atoms with Gasteiger partial charge in [0.15, 0.2) is 0 Å². The highest BCUT2D eigenvalue weighted by Crippen LogP contribution is 1.99. The molecule has 1 aromatic rings. The summed E-state index contributed by atoms with van der Waals surface area (Å²) < 4.78 is 7.03. The molecule has 0 aliphatic rings. The molecule has 0 aliphatic heterocycles. The topological polar surface area (TPSA) is 39.1 Å². The summed E-state index contributed by atoms with van der Waals surface area (Å²) in [7, 11) is 1.74. The predicted molar refractivity (Wildman–Crippen MR) is 65.4 cm³/mol. The number of hydrogen-bond donors (Lipinski definition) is 1. The first-order valence-electron chi connectivity index (χ1n) is 5.94. The van der Waals surface area contributed by atoms with E-state index in [-0.39, 0.29) is 0 Å². The van der Waals surface area contributed by atoms with Crippen LogP contribution in [-0.2, 0) is 11.3 Å². The van der Waals surface area contributed by atoms with E-state index in [9.17, 15) is 0 Å². The Bertz CT molecular complexity index is 261. The second-order valence-corrected chi connectivity index (χ2v) is 4.31. The van der Waals surface area contributed by atoms with E-state index >= 15 is 0 Å². The van der Waals surface area contributed by atoms with Crippen LogP contribution in [0, 0.1) is 0 Å². The van der Waals surface area contributed by atoms with Crippen LogP contribution >= 0.6 is 0 Å². The number of aromatic nitrogens is 2. The van der Waals surface area contributed by atoms with Crippen LogP contribution < -0.4 is 5.32 Å². The summed E-state index contributed by atoms with van der Waals surface area (Å²) in [6.07, 6.45) is 5.97. The van der Waals surface area contributed by atoms with Gasteiger partial charge in [-0.05, 0) is 32.8 Å².